The van der Waals surface area contributed by atoms with Crippen LogP contribution in [-0.2, 0) is 6.42 Å². The van der Waals surface area contributed by atoms with Gasteiger partial charge in [0.2, 0.25) is 0 Å². The number of aryl methyl sites for hydroxylation is 1. The standard InChI is InChI=1S/C17H17FO2/c18-13-7-9-17-15(10-13)16(19)11-14(20-17)8-6-12-4-2-1-3-5-12/h1-5,7,9-10,14,16,19H,6,8,11H2. The first-order valence-corrected chi connectivity index (χ1v) is 6.90. The molecule has 2 aromatic carbocycles. The first-order chi connectivity index (χ1) is 9.72. The van der Waals surface area contributed by atoms with E-state index >= 15 is 0 Å². The summed E-state index contributed by atoms with van der Waals surface area (Å²) in [6.07, 6.45) is 1.61. The molecule has 0 spiro atoms. The highest BCUT2D eigenvalue weighted by molar-refractivity contribution is 5.37. The number of ether oxygens (including phenoxy) is 1. The number of halogens is 1. The predicted molar refractivity (Wildman–Crippen MR) is 75.2 cm³/mol. The Morgan fingerprint density at radius 3 is 2.75 bits per heavy atom. The molecule has 0 aliphatic carbocycles. The van der Waals surface area contributed by atoms with Crippen molar-refractivity contribution in [3.63, 3.8) is 0 Å². The lowest BCUT2D eigenvalue weighted by molar-refractivity contribution is 0.0616. The van der Waals surface area contributed by atoms with E-state index in [0.717, 1.165) is 12.8 Å². The van der Waals surface area contributed by atoms with Crippen LogP contribution in [0.15, 0.2) is 48.5 Å². The average Bonchev–Trinajstić information content (AvgIpc) is 2.47. The van der Waals surface area contributed by atoms with E-state index in [1.165, 1.54) is 17.7 Å². The molecule has 2 nitrogen and oxygen atoms in total. The molecule has 0 fully saturated rings. The molecule has 0 radical (unpaired) electrons. The van der Waals surface area contributed by atoms with Gasteiger partial charge in [-0.05, 0) is 36.6 Å². The lowest BCUT2D eigenvalue weighted by Gasteiger charge is -2.29. The van der Waals surface area contributed by atoms with Gasteiger partial charge in [0.15, 0.2) is 0 Å². The number of benzene rings is 2. The zero-order valence-corrected chi connectivity index (χ0v) is 11.1. The van der Waals surface area contributed by atoms with Crippen LogP contribution < -0.4 is 4.74 Å². The highest BCUT2D eigenvalue weighted by Gasteiger charge is 2.26. The number of hydrogen-bond acceptors (Lipinski definition) is 2. The Labute approximate surface area is 117 Å². The highest BCUT2D eigenvalue weighted by Crippen LogP contribution is 2.36. The minimum Gasteiger partial charge on any atom is -0.490 e. The maximum Gasteiger partial charge on any atom is 0.125 e. The molecule has 20 heavy (non-hydrogen) atoms. The van der Waals surface area contributed by atoms with Crippen LogP contribution in [0.2, 0.25) is 0 Å². The summed E-state index contributed by atoms with van der Waals surface area (Å²) in [5, 5.41) is 10.1. The highest BCUT2D eigenvalue weighted by atomic mass is 19.1. The van der Waals surface area contributed by atoms with E-state index < -0.39 is 6.10 Å². The van der Waals surface area contributed by atoms with E-state index in [0.29, 0.717) is 17.7 Å². The zero-order chi connectivity index (χ0) is 13.9. The van der Waals surface area contributed by atoms with Gasteiger partial charge in [-0.25, -0.2) is 4.39 Å². The van der Waals surface area contributed by atoms with Gasteiger partial charge in [-0.1, -0.05) is 30.3 Å². The SMILES string of the molecule is OC1CC(CCc2ccccc2)Oc2ccc(F)cc21. The fourth-order valence-corrected chi connectivity index (χ4v) is 2.64. The third kappa shape index (κ3) is 2.83. The summed E-state index contributed by atoms with van der Waals surface area (Å²) in [7, 11) is 0. The lowest BCUT2D eigenvalue weighted by Crippen LogP contribution is -2.26. The van der Waals surface area contributed by atoms with Crippen LogP contribution in [0.1, 0.15) is 30.1 Å². The molecule has 2 atom stereocenters. The second-order valence-electron chi connectivity index (χ2n) is 5.20. The van der Waals surface area contributed by atoms with Gasteiger partial charge in [-0.3, -0.25) is 0 Å². The molecule has 0 amide bonds. The quantitative estimate of drug-likeness (QED) is 0.924. The number of fused-ring (bicyclic) bond motifs is 1. The Kier molecular flexibility index (Phi) is 3.70. The molecule has 1 aliphatic heterocycles. The van der Waals surface area contributed by atoms with Gasteiger partial charge in [0, 0.05) is 12.0 Å². The van der Waals surface area contributed by atoms with Gasteiger partial charge in [-0.15, -0.1) is 0 Å². The molecule has 0 aromatic heterocycles. The normalized spacial score (nSPS) is 21.1. The third-order valence-electron chi connectivity index (χ3n) is 3.71. The van der Waals surface area contributed by atoms with Gasteiger partial charge in [0.1, 0.15) is 17.7 Å². The maximum absolute atomic E-state index is 13.2. The van der Waals surface area contributed by atoms with Crippen LogP contribution >= 0.6 is 0 Å². The van der Waals surface area contributed by atoms with Gasteiger partial charge < -0.3 is 9.84 Å². The Balaban J connectivity index is 1.67. The molecule has 3 rings (SSSR count). The van der Waals surface area contributed by atoms with E-state index in [1.807, 2.05) is 18.2 Å². The van der Waals surface area contributed by atoms with Gasteiger partial charge >= 0.3 is 0 Å². The van der Waals surface area contributed by atoms with Crippen molar-refractivity contribution in [3.8, 4) is 5.75 Å². The zero-order valence-electron chi connectivity index (χ0n) is 11.1. The van der Waals surface area contributed by atoms with E-state index in [2.05, 4.69) is 12.1 Å². The molecule has 104 valence electrons. The fourth-order valence-electron chi connectivity index (χ4n) is 2.64. The van der Waals surface area contributed by atoms with Crippen LogP contribution in [0.3, 0.4) is 0 Å². The van der Waals surface area contributed by atoms with E-state index in [9.17, 15) is 9.50 Å². The summed E-state index contributed by atoms with van der Waals surface area (Å²) in [5.74, 6) is 0.261. The minimum absolute atomic E-state index is 0.0248. The van der Waals surface area contributed by atoms with Gasteiger partial charge in [0.25, 0.3) is 0 Å². The number of rotatable bonds is 3. The summed E-state index contributed by atoms with van der Waals surface area (Å²) in [6, 6.07) is 14.5. The molecule has 0 saturated heterocycles. The number of aliphatic hydroxyl groups excluding tert-OH is 1. The summed E-state index contributed by atoms with van der Waals surface area (Å²) in [5.41, 5.74) is 1.82. The summed E-state index contributed by atoms with van der Waals surface area (Å²) in [4.78, 5) is 0. The van der Waals surface area contributed by atoms with Crippen molar-refractivity contribution in [1.29, 1.82) is 0 Å². The Hall–Kier alpha value is -1.87. The topological polar surface area (TPSA) is 29.5 Å². The molecule has 1 aliphatic rings. The molecular weight excluding hydrogens is 255 g/mol. The first-order valence-electron chi connectivity index (χ1n) is 6.90. The molecule has 1 heterocycles. The Bertz CT molecular complexity index is 583. The van der Waals surface area contributed by atoms with Crippen molar-refractivity contribution in [2.45, 2.75) is 31.5 Å². The van der Waals surface area contributed by atoms with Crippen LogP contribution in [-0.4, -0.2) is 11.2 Å². The smallest absolute Gasteiger partial charge is 0.125 e. The Morgan fingerprint density at radius 2 is 1.95 bits per heavy atom. The van der Waals surface area contributed by atoms with Crippen LogP contribution in [0.25, 0.3) is 0 Å². The van der Waals surface area contributed by atoms with E-state index in [1.54, 1.807) is 6.07 Å². The lowest BCUT2D eigenvalue weighted by atomic mass is 9.95. The molecule has 2 aromatic rings. The second kappa shape index (κ2) is 5.63. The molecule has 1 N–H and O–H groups in total. The van der Waals surface area contributed by atoms with Crippen LogP contribution in [0, 0.1) is 5.82 Å². The van der Waals surface area contributed by atoms with Crippen LogP contribution in [0.4, 0.5) is 4.39 Å². The predicted octanol–water partition coefficient (Wildman–Crippen LogP) is 3.64. The van der Waals surface area contributed by atoms with Crippen molar-refractivity contribution >= 4 is 0 Å². The Morgan fingerprint density at radius 1 is 1.15 bits per heavy atom. The molecule has 2 unspecified atom stereocenters. The summed E-state index contributed by atoms with van der Waals surface area (Å²) in [6.45, 7) is 0. The fraction of sp³-hybridized carbons (Fsp3) is 0.294. The average molecular weight is 272 g/mol. The molecular formula is C17H17FO2. The number of aliphatic hydroxyl groups is 1. The van der Waals surface area contributed by atoms with E-state index in [4.69, 9.17) is 4.74 Å². The monoisotopic (exact) mass is 272 g/mol. The van der Waals surface area contributed by atoms with Crippen molar-refractivity contribution < 1.29 is 14.2 Å². The van der Waals surface area contributed by atoms with Gasteiger partial charge in [-0.2, -0.15) is 0 Å². The van der Waals surface area contributed by atoms with Crippen molar-refractivity contribution in [3.05, 3.63) is 65.5 Å². The van der Waals surface area contributed by atoms with Crippen LogP contribution in [0.5, 0.6) is 5.75 Å². The second-order valence-corrected chi connectivity index (χ2v) is 5.20. The van der Waals surface area contributed by atoms with Crippen molar-refractivity contribution in [2.75, 3.05) is 0 Å². The number of hydrogen-bond donors (Lipinski definition) is 1. The summed E-state index contributed by atoms with van der Waals surface area (Å²) >= 11 is 0. The minimum atomic E-state index is -0.643. The largest absolute Gasteiger partial charge is 0.490 e. The van der Waals surface area contributed by atoms with E-state index in [-0.39, 0.29) is 11.9 Å². The molecule has 0 bridgehead atoms. The maximum atomic E-state index is 13.2. The molecule has 3 heteroatoms. The summed E-state index contributed by atoms with van der Waals surface area (Å²) < 4.78 is 19.0. The van der Waals surface area contributed by atoms with Gasteiger partial charge in [0.05, 0.1) is 6.10 Å². The van der Waals surface area contributed by atoms with Crippen molar-refractivity contribution in [2.24, 2.45) is 0 Å². The van der Waals surface area contributed by atoms with Crippen molar-refractivity contribution in [1.82, 2.24) is 0 Å². The third-order valence-corrected chi connectivity index (χ3v) is 3.71. The first kappa shape index (κ1) is 13.1. The molecule has 0 saturated carbocycles.